The number of carbonyl (C=O) groups is 3. The molecule has 0 radical (unpaired) electrons. The molecule has 0 bridgehead atoms. The summed E-state index contributed by atoms with van der Waals surface area (Å²) in [5.74, 6) is 0.107. The van der Waals surface area contributed by atoms with Crippen LogP contribution in [0.15, 0.2) is 53.6 Å². The maximum atomic E-state index is 12.7. The zero-order chi connectivity index (χ0) is 27.8. The number of amides is 2. The van der Waals surface area contributed by atoms with Gasteiger partial charge < -0.3 is 10.5 Å². The molecule has 1 aliphatic heterocycles. The highest BCUT2D eigenvalue weighted by Crippen LogP contribution is 2.24. The number of aromatic nitrogens is 2. The molecule has 9 nitrogen and oxygen atoms in total. The van der Waals surface area contributed by atoms with Crippen LogP contribution in [0.3, 0.4) is 0 Å². The van der Waals surface area contributed by atoms with Crippen LogP contribution < -0.4 is 15.5 Å². The van der Waals surface area contributed by atoms with Crippen molar-refractivity contribution >= 4 is 29.0 Å². The summed E-state index contributed by atoms with van der Waals surface area (Å²) in [6.07, 6.45) is 2.94. The monoisotopic (exact) mass is 517 g/mol. The summed E-state index contributed by atoms with van der Waals surface area (Å²) in [6.45, 7) is 7.82. The van der Waals surface area contributed by atoms with Crippen LogP contribution in [0.1, 0.15) is 78.6 Å². The van der Waals surface area contributed by atoms with Crippen LogP contribution in [0.4, 0.5) is 5.69 Å². The number of nitrogens with two attached hydrogens (primary N) is 1. The highest BCUT2D eigenvalue weighted by atomic mass is 16.5. The number of nitrogens with zero attached hydrogens (tertiary/aromatic N) is 4. The highest BCUT2D eigenvalue weighted by Gasteiger charge is 2.26. The number of aryl methyl sites for hydroxylation is 1. The summed E-state index contributed by atoms with van der Waals surface area (Å²) in [7, 11) is 1.59. The number of anilines is 1. The Kier molecular flexibility index (Phi) is 9.54. The topological polar surface area (TPSA) is 120 Å². The van der Waals surface area contributed by atoms with Gasteiger partial charge in [-0.2, -0.15) is 10.2 Å². The van der Waals surface area contributed by atoms with Gasteiger partial charge in [-0.05, 0) is 63.1 Å². The number of hydrogen-bond acceptors (Lipinski definition) is 6. The fraction of sp³-hybridized carbons (Fsp3) is 0.345. The quantitative estimate of drug-likeness (QED) is 0.400. The van der Waals surface area contributed by atoms with Gasteiger partial charge in [0, 0.05) is 17.7 Å². The predicted molar refractivity (Wildman–Crippen MR) is 148 cm³/mol. The Morgan fingerprint density at radius 1 is 0.974 bits per heavy atom. The van der Waals surface area contributed by atoms with E-state index >= 15 is 0 Å². The van der Waals surface area contributed by atoms with Gasteiger partial charge in [0.25, 0.3) is 11.8 Å². The summed E-state index contributed by atoms with van der Waals surface area (Å²) in [5, 5.41) is 9.97. The zero-order valence-corrected chi connectivity index (χ0v) is 22.7. The lowest BCUT2D eigenvalue weighted by atomic mass is 10.0. The molecule has 0 atom stereocenters. The van der Waals surface area contributed by atoms with Gasteiger partial charge in [0.1, 0.15) is 11.4 Å². The molecule has 9 heteroatoms. The summed E-state index contributed by atoms with van der Waals surface area (Å²) < 4.78 is 6.69. The van der Waals surface area contributed by atoms with Gasteiger partial charge in [-0.3, -0.25) is 14.4 Å². The Morgan fingerprint density at radius 3 is 2.11 bits per heavy atom. The number of Topliss-reactive ketones (excluding diaryl/α,β-unsaturated/α-hetero) is 1. The van der Waals surface area contributed by atoms with Gasteiger partial charge in [-0.15, -0.1) is 0 Å². The Bertz CT molecular complexity index is 1320. The molecule has 2 heterocycles. The molecule has 200 valence electrons. The van der Waals surface area contributed by atoms with Crippen molar-refractivity contribution in [3.63, 3.8) is 0 Å². The van der Waals surface area contributed by atoms with Crippen molar-refractivity contribution in [2.75, 3.05) is 12.1 Å². The van der Waals surface area contributed by atoms with E-state index in [0.717, 1.165) is 24.2 Å². The van der Waals surface area contributed by atoms with E-state index in [-0.39, 0.29) is 17.4 Å². The molecule has 38 heavy (non-hydrogen) atoms. The van der Waals surface area contributed by atoms with E-state index in [9.17, 15) is 14.4 Å². The first kappa shape index (κ1) is 28.3. The number of rotatable bonds is 9. The van der Waals surface area contributed by atoms with Crippen LogP contribution >= 0.6 is 0 Å². The minimum Gasteiger partial charge on any atom is -0.497 e. The molecule has 3 aromatic rings. The number of benzene rings is 2. The Balaban J connectivity index is 0.000000241. The minimum atomic E-state index is -0.615. The van der Waals surface area contributed by atoms with Crippen molar-refractivity contribution in [3.8, 4) is 11.4 Å². The van der Waals surface area contributed by atoms with E-state index in [1.807, 2.05) is 52.0 Å². The van der Waals surface area contributed by atoms with Crippen molar-refractivity contribution in [1.82, 2.24) is 9.78 Å². The molecule has 0 fully saturated rings. The SMILES string of the molecule is CC1=NN(c2ccc(C)cc2)C(=O)C1.CCCC(=O)c1c(CCC)c(C(N)=O)nn1-c1ccc(OC)cc1. The second kappa shape index (κ2) is 12.8. The van der Waals surface area contributed by atoms with Crippen molar-refractivity contribution in [3.05, 3.63) is 71.0 Å². The Morgan fingerprint density at radius 2 is 1.61 bits per heavy atom. The van der Waals surface area contributed by atoms with Crippen molar-refractivity contribution in [2.45, 2.75) is 59.8 Å². The lowest BCUT2D eigenvalue weighted by molar-refractivity contribution is -0.116. The van der Waals surface area contributed by atoms with E-state index in [4.69, 9.17) is 10.5 Å². The molecule has 2 aromatic carbocycles. The number of methoxy groups -OCH3 is 1. The molecule has 1 aliphatic rings. The number of ether oxygens (including phenoxy) is 1. The molecular formula is C29H35N5O4. The van der Waals surface area contributed by atoms with E-state index in [1.54, 1.807) is 31.4 Å². The van der Waals surface area contributed by atoms with E-state index in [1.165, 1.54) is 15.3 Å². The van der Waals surface area contributed by atoms with Crippen LogP contribution in [0, 0.1) is 6.92 Å². The van der Waals surface area contributed by atoms with Gasteiger partial charge >= 0.3 is 0 Å². The van der Waals surface area contributed by atoms with Crippen LogP contribution in [0.5, 0.6) is 5.75 Å². The van der Waals surface area contributed by atoms with Crippen molar-refractivity contribution in [2.24, 2.45) is 10.8 Å². The predicted octanol–water partition coefficient (Wildman–Crippen LogP) is 5.02. The highest BCUT2D eigenvalue weighted by molar-refractivity contribution is 6.12. The lowest BCUT2D eigenvalue weighted by Gasteiger charge is -2.11. The minimum absolute atomic E-state index is 0.0308. The summed E-state index contributed by atoms with van der Waals surface area (Å²) >= 11 is 0. The third-order valence-electron chi connectivity index (χ3n) is 5.97. The first-order chi connectivity index (χ1) is 18.2. The second-order valence-electron chi connectivity index (χ2n) is 9.13. The maximum absolute atomic E-state index is 12.7. The summed E-state index contributed by atoms with van der Waals surface area (Å²) in [6, 6.07) is 15.0. The van der Waals surface area contributed by atoms with Gasteiger partial charge in [0.15, 0.2) is 11.5 Å². The van der Waals surface area contributed by atoms with E-state index in [0.29, 0.717) is 42.0 Å². The molecule has 1 aromatic heterocycles. The number of hydrazone groups is 1. The molecular weight excluding hydrogens is 482 g/mol. The fourth-order valence-corrected chi connectivity index (χ4v) is 4.12. The maximum Gasteiger partial charge on any atom is 0.269 e. The molecule has 0 saturated heterocycles. The molecule has 0 aliphatic carbocycles. The van der Waals surface area contributed by atoms with Crippen LogP contribution in [0.25, 0.3) is 5.69 Å². The first-order valence-corrected chi connectivity index (χ1v) is 12.7. The molecule has 0 saturated carbocycles. The second-order valence-corrected chi connectivity index (χ2v) is 9.13. The number of primary amides is 1. The average molecular weight is 518 g/mol. The van der Waals surface area contributed by atoms with E-state index < -0.39 is 5.91 Å². The normalized spacial score (nSPS) is 12.6. The Labute approximate surface area is 223 Å². The third-order valence-corrected chi connectivity index (χ3v) is 5.97. The van der Waals surface area contributed by atoms with Gasteiger partial charge in [0.2, 0.25) is 0 Å². The van der Waals surface area contributed by atoms with Gasteiger partial charge in [-0.1, -0.05) is 38.0 Å². The van der Waals surface area contributed by atoms with Crippen LogP contribution in [0.2, 0.25) is 0 Å². The number of ketones is 1. The molecule has 2 amide bonds. The molecule has 0 unspecified atom stereocenters. The Hall–Kier alpha value is -4.27. The van der Waals surface area contributed by atoms with Gasteiger partial charge in [-0.25, -0.2) is 9.69 Å². The first-order valence-electron chi connectivity index (χ1n) is 12.7. The third kappa shape index (κ3) is 6.53. The summed E-state index contributed by atoms with van der Waals surface area (Å²) in [5.41, 5.74) is 10.3. The zero-order valence-electron chi connectivity index (χ0n) is 22.7. The number of carbonyl (C=O) groups excluding carboxylic acids is 3. The average Bonchev–Trinajstić information content (AvgIpc) is 3.45. The molecule has 2 N–H and O–H groups in total. The van der Waals surface area contributed by atoms with Crippen LogP contribution in [-0.4, -0.2) is 40.2 Å². The fourth-order valence-electron chi connectivity index (χ4n) is 4.12. The lowest BCUT2D eigenvalue weighted by Crippen LogP contribution is -2.19. The molecule has 0 spiro atoms. The molecule has 4 rings (SSSR count). The largest absolute Gasteiger partial charge is 0.497 e. The van der Waals surface area contributed by atoms with E-state index in [2.05, 4.69) is 10.2 Å². The van der Waals surface area contributed by atoms with Crippen LogP contribution in [-0.2, 0) is 11.2 Å². The number of hydrogen-bond donors (Lipinski definition) is 1. The van der Waals surface area contributed by atoms with Crippen molar-refractivity contribution < 1.29 is 19.1 Å². The van der Waals surface area contributed by atoms with Gasteiger partial charge in [0.05, 0.1) is 24.9 Å². The summed E-state index contributed by atoms with van der Waals surface area (Å²) in [4.78, 5) is 35.9. The smallest absolute Gasteiger partial charge is 0.269 e. The van der Waals surface area contributed by atoms with Crippen molar-refractivity contribution in [1.29, 1.82) is 0 Å². The standard InChI is InChI=1S/C18H23N3O3.C11H12N2O/c1-4-6-14-16(18(19)23)20-21(17(14)15(22)7-5-2)12-8-10-13(24-3)11-9-12;1-8-3-5-10(6-4-8)13-11(14)7-9(2)12-13/h8-11H,4-7H2,1-3H3,(H2,19,23);3-6H,7H2,1-2H3.